The number of carbonyl (C=O) groups excluding carboxylic acids is 1. The van der Waals surface area contributed by atoms with Crippen molar-refractivity contribution in [3.05, 3.63) is 61.4 Å². The molecule has 0 spiro atoms. The fraction of sp³-hybridized carbons (Fsp3) is 0. The van der Waals surface area contributed by atoms with Gasteiger partial charge in [0, 0.05) is 19.2 Å². The van der Waals surface area contributed by atoms with E-state index in [-0.39, 0.29) is 17.0 Å². The summed E-state index contributed by atoms with van der Waals surface area (Å²) in [5, 5.41) is 0. The van der Waals surface area contributed by atoms with E-state index in [2.05, 4.69) is 38.5 Å². The van der Waals surface area contributed by atoms with Crippen LogP contribution in [0.15, 0.2) is 40.9 Å². The number of anilines is 1. The lowest BCUT2D eigenvalue weighted by molar-refractivity contribution is 0.103. The van der Waals surface area contributed by atoms with Gasteiger partial charge in [0.05, 0.1) is 5.69 Å². The molecular formula is C13H8BrFINO. The van der Waals surface area contributed by atoms with Crippen LogP contribution in [-0.4, -0.2) is 5.78 Å². The monoisotopic (exact) mass is 419 g/mol. The first kappa shape index (κ1) is 13.5. The summed E-state index contributed by atoms with van der Waals surface area (Å²) in [7, 11) is 0. The summed E-state index contributed by atoms with van der Waals surface area (Å²) in [4.78, 5) is 12.2. The molecule has 2 nitrogen and oxygen atoms in total. The molecule has 18 heavy (non-hydrogen) atoms. The van der Waals surface area contributed by atoms with Gasteiger partial charge in [-0.05, 0) is 59.0 Å². The van der Waals surface area contributed by atoms with E-state index in [1.165, 1.54) is 12.1 Å². The normalized spacial score (nSPS) is 10.4. The molecule has 92 valence electrons. The van der Waals surface area contributed by atoms with Crippen LogP contribution in [0.2, 0.25) is 0 Å². The van der Waals surface area contributed by atoms with E-state index < -0.39 is 5.82 Å². The van der Waals surface area contributed by atoms with Gasteiger partial charge in [-0.2, -0.15) is 0 Å². The Balaban J connectivity index is 2.47. The van der Waals surface area contributed by atoms with Crippen molar-refractivity contribution in [1.82, 2.24) is 0 Å². The number of carbonyl (C=O) groups is 1. The van der Waals surface area contributed by atoms with Gasteiger partial charge >= 0.3 is 0 Å². The van der Waals surface area contributed by atoms with E-state index in [0.29, 0.717) is 5.56 Å². The summed E-state index contributed by atoms with van der Waals surface area (Å²) in [5.41, 5.74) is 6.25. The Labute approximate surface area is 126 Å². The predicted molar refractivity (Wildman–Crippen MR) is 81.1 cm³/mol. The molecule has 5 heteroatoms. The number of ketones is 1. The molecule has 0 aliphatic rings. The molecule has 0 atom stereocenters. The number of nitrogen functional groups attached to an aromatic ring is 1. The van der Waals surface area contributed by atoms with Crippen molar-refractivity contribution in [3.8, 4) is 0 Å². The molecule has 0 heterocycles. The Morgan fingerprint density at radius 3 is 2.61 bits per heavy atom. The molecule has 0 aromatic heterocycles. The van der Waals surface area contributed by atoms with Crippen molar-refractivity contribution < 1.29 is 9.18 Å². The summed E-state index contributed by atoms with van der Waals surface area (Å²) in [6.07, 6.45) is 0. The molecule has 0 aliphatic heterocycles. The van der Waals surface area contributed by atoms with Crippen molar-refractivity contribution in [2.24, 2.45) is 0 Å². The molecule has 2 aromatic carbocycles. The van der Waals surface area contributed by atoms with Crippen LogP contribution in [0.4, 0.5) is 10.1 Å². The number of halogens is 3. The summed E-state index contributed by atoms with van der Waals surface area (Å²) in [6.45, 7) is 0. The summed E-state index contributed by atoms with van der Waals surface area (Å²) in [6, 6.07) is 9.48. The summed E-state index contributed by atoms with van der Waals surface area (Å²) < 4.78 is 15.0. The SMILES string of the molecule is Nc1ccc(C(=O)c2cc(Br)ccc2I)cc1F. The fourth-order valence-electron chi connectivity index (χ4n) is 1.50. The Kier molecular flexibility index (Phi) is 4.01. The van der Waals surface area contributed by atoms with Gasteiger partial charge in [0.15, 0.2) is 5.78 Å². The van der Waals surface area contributed by atoms with Crippen LogP contribution in [0.3, 0.4) is 0 Å². The fourth-order valence-corrected chi connectivity index (χ4v) is 2.44. The Bertz CT molecular complexity index is 630. The van der Waals surface area contributed by atoms with E-state index >= 15 is 0 Å². The van der Waals surface area contributed by atoms with E-state index in [1.807, 2.05) is 12.1 Å². The molecule has 0 saturated carbocycles. The topological polar surface area (TPSA) is 43.1 Å². The molecular weight excluding hydrogens is 412 g/mol. The van der Waals surface area contributed by atoms with Gasteiger partial charge in [-0.3, -0.25) is 4.79 Å². The van der Waals surface area contributed by atoms with Gasteiger partial charge < -0.3 is 5.73 Å². The smallest absolute Gasteiger partial charge is 0.194 e. The van der Waals surface area contributed by atoms with Crippen LogP contribution >= 0.6 is 38.5 Å². The third-order valence-corrected chi connectivity index (χ3v) is 3.87. The highest BCUT2D eigenvalue weighted by Gasteiger charge is 2.14. The van der Waals surface area contributed by atoms with E-state index in [0.717, 1.165) is 14.1 Å². The second-order valence-corrected chi connectivity index (χ2v) is 5.77. The Morgan fingerprint density at radius 1 is 1.22 bits per heavy atom. The predicted octanol–water partition coefficient (Wildman–Crippen LogP) is 4.01. The first-order valence-corrected chi connectivity index (χ1v) is 6.91. The minimum absolute atomic E-state index is 0.0375. The average molecular weight is 420 g/mol. The Morgan fingerprint density at radius 2 is 1.94 bits per heavy atom. The van der Waals surface area contributed by atoms with Crippen LogP contribution in [0.1, 0.15) is 15.9 Å². The molecule has 2 N–H and O–H groups in total. The van der Waals surface area contributed by atoms with Crippen LogP contribution in [0, 0.1) is 9.39 Å². The number of nitrogens with two attached hydrogens (primary N) is 1. The van der Waals surface area contributed by atoms with Gasteiger partial charge in [0.25, 0.3) is 0 Å². The van der Waals surface area contributed by atoms with Gasteiger partial charge in [-0.15, -0.1) is 0 Å². The Hall–Kier alpha value is -0.950. The van der Waals surface area contributed by atoms with E-state index in [9.17, 15) is 9.18 Å². The second-order valence-electron chi connectivity index (χ2n) is 3.69. The molecule has 2 rings (SSSR count). The van der Waals surface area contributed by atoms with Crippen LogP contribution in [0.5, 0.6) is 0 Å². The lowest BCUT2D eigenvalue weighted by Crippen LogP contribution is -2.05. The maximum Gasteiger partial charge on any atom is 0.194 e. The van der Waals surface area contributed by atoms with Crippen LogP contribution in [0.25, 0.3) is 0 Å². The van der Waals surface area contributed by atoms with E-state index in [4.69, 9.17) is 5.73 Å². The molecule has 0 bridgehead atoms. The second kappa shape index (κ2) is 5.36. The van der Waals surface area contributed by atoms with Gasteiger partial charge in [-0.1, -0.05) is 15.9 Å². The molecule has 0 unspecified atom stereocenters. The number of hydrogen-bond acceptors (Lipinski definition) is 2. The molecule has 0 radical (unpaired) electrons. The van der Waals surface area contributed by atoms with Crippen LogP contribution in [-0.2, 0) is 0 Å². The highest BCUT2D eigenvalue weighted by atomic mass is 127. The molecule has 0 fully saturated rings. The summed E-state index contributed by atoms with van der Waals surface area (Å²) in [5.74, 6) is -0.801. The lowest BCUT2D eigenvalue weighted by atomic mass is 10.0. The zero-order valence-electron chi connectivity index (χ0n) is 9.08. The highest BCUT2D eigenvalue weighted by Crippen LogP contribution is 2.22. The number of benzene rings is 2. The van der Waals surface area contributed by atoms with E-state index in [1.54, 1.807) is 6.07 Å². The van der Waals surface area contributed by atoms with Crippen molar-refractivity contribution in [1.29, 1.82) is 0 Å². The summed E-state index contributed by atoms with van der Waals surface area (Å²) >= 11 is 5.39. The largest absolute Gasteiger partial charge is 0.396 e. The maximum atomic E-state index is 13.3. The van der Waals surface area contributed by atoms with Crippen molar-refractivity contribution in [2.75, 3.05) is 5.73 Å². The standard InChI is InChI=1S/C13H8BrFINO/c14-8-2-3-11(16)9(6-8)13(18)7-1-4-12(17)10(15)5-7/h1-6H,17H2. The van der Waals surface area contributed by atoms with Crippen LogP contribution < -0.4 is 5.73 Å². The minimum Gasteiger partial charge on any atom is -0.396 e. The third-order valence-electron chi connectivity index (χ3n) is 2.44. The molecule has 0 saturated heterocycles. The van der Waals surface area contributed by atoms with Crippen molar-refractivity contribution in [3.63, 3.8) is 0 Å². The number of rotatable bonds is 2. The zero-order chi connectivity index (χ0) is 13.3. The third kappa shape index (κ3) is 2.72. The maximum absolute atomic E-state index is 13.3. The quantitative estimate of drug-likeness (QED) is 0.454. The minimum atomic E-state index is -0.578. The molecule has 0 amide bonds. The zero-order valence-corrected chi connectivity index (χ0v) is 12.8. The van der Waals surface area contributed by atoms with Crippen molar-refractivity contribution >= 4 is 50.0 Å². The molecule has 2 aromatic rings. The van der Waals surface area contributed by atoms with Gasteiger partial charge in [-0.25, -0.2) is 4.39 Å². The first-order chi connectivity index (χ1) is 8.49. The van der Waals surface area contributed by atoms with Gasteiger partial charge in [0.1, 0.15) is 5.82 Å². The highest BCUT2D eigenvalue weighted by molar-refractivity contribution is 14.1. The molecule has 0 aliphatic carbocycles. The number of hydrogen-bond donors (Lipinski definition) is 1. The van der Waals surface area contributed by atoms with Gasteiger partial charge in [0.2, 0.25) is 0 Å². The lowest BCUT2D eigenvalue weighted by Gasteiger charge is -2.06. The van der Waals surface area contributed by atoms with Crippen molar-refractivity contribution in [2.45, 2.75) is 0 Å². The average Bonchev–Trinajstić information content (AvgIpc) is 2.35. The first-order valence-electron chi connectivity index (χ1n) is 5.04.